The zero-order valence-corrected chi connectivity index (χ0v) is 10.6. The van der Waals surface area contributed by atoms with Gasteiger partial charge in [-0.2, -0.15) is 13.2 Å². The summed E-state index contributed by atoms with van der Waals surface area (Å²) in [6.07, 6.45) is -3.43. The summed E-state index contributed by atoms with van der Waals surface area (Å²) in [4.78, 5) is 0. The minimum Gasteiger partial charge on any atom is -0.317 e. The van der Waals surface area contributed by atoms with Crippen LogP contribution in [0.1, 0.15) is 31.4 Å². The Morgan fingerprint density at radius 2 is 2.00 bits per heavy atom. The highest BCUT2D eigenvalue weighted by Crippen LogP contribution is 2.56. The van der Waals surface area contributed by atoms with Gasteiger partial charge in [-0.05, 0) is 42.5 Å². The van der Waals surface area contributed by atoms with E-state index < -0.39 is 11.7 Å². The Labute approximate surface area is 105 Å². The van der Waals surface area contributed by atoms with Crippen molar-refractivity contribution in [3.8, 4) is 0 Å². The van der Waals surface area contributed by atoms with Crippen LogP contribution in [0.2, 0.25) is 0 Å². The first-order valence-corrected chi connectivity index (χ1v) is 6.27. The number of halogens is 3. The Bertz CT molecular complexity index is 427. The molecule has 0 amide bonds. The van der Waals surface area contributed by atoms with Crippen LogP contribution in [0.25, 0.3) is 0 Å². The first-order valence-electron chi connectivity index (χ1n) is 6.27. The maximum atomic E-state index is 13.0. The van der Waals surface area contributed by atoms with Crippen LogP contribution in [0.5, 0.6) is 0 Å². The van der Waals surface area contributed by atoms with E-state index in [2.05, 4.69) is 5.32 Å². The van der Waals surface area contributed by atoms with E-state index in [1.54, 1.807) is 12.1 Å². The first-order chi connectivity index (χ1) is 8.39. The summed E-state index contributed by atoms with van der Waals surface area (Å²) in [5.74, 6) is 0.306. The van der Waals surface area contributed by atoms with Crippen LogP contribution in [0.3, 0.4) is 0 Å². The van der Waals surface area contributed by atoms with Gasteiger partial charge in [0.05, 0.1) is 5.56 Å². The summed E-state index contributed by atoms with van der Waals surface area (Å²) in [6.45, 7) is 5.58. The van der Waals surface area contributed by atoms with Crippen molar-refractivity contribution in [2.45, 2.75) is 31.9 Å². The Hall–Kier alpha value is -1.03. The van der Waals surface area contributed by atoms with Gasteiger partial charge in [-0.25, -0.2) is 0 Å². The fraction of sp³-hybridized carbons (Fsp3) is 0.571. The third kappa shape index (κ3) is 2.39. The Kier molecular flexibility index (Phi) is 3.41. The predicted octanol–water partition coefficient (Wildman–Crippen LogP) is 3.59. The highest BCUT2D eigenvalue weighted by molar-refractivity contribution is 5.41. The summed E-state index contributed by atoms with van der Waals surface area (Å²) in [5.41, 5.74) is -0.360. The molecule has 1 fully saturated rings. The number of hydrogen-bond acceptors (Lipinski definition) is 1. The van der Waals surface area contributed by atoms with Gasteiger partial charge in [0, 0.05) is 0 Å². The van der Waals surface area contributed by atoms with Gasteiger partial charge in [-0.15, -0.1) is 0 Å². The van der Waals surface area contributed by atoms with Crippen molar-refractivity contribution in [2.24, 2.45) is 5.92 Å². The summed E-state index contributed by atoms with van der Waals surface area (Å²) in [6, 6.07) is 5.95. The second-order valence-corrected chi connectivity index (χ2v) is 5.17. The van der Waals surface area contributed by atoms with Crippen molar-refractivity contribution in [3.63, 3.8) is 0 Å². The number of benzene rings is 1. The number of hydrogen-bond donors (Lipinski definition) is 1. The highest BCUT2D eigenvalue weighted by atomic mass is 19.4. The molecule has 1 aliphatic carbocycles. The smallest absolute Gasteiger partial charge is 0.317 e. The van der Waals surface area contributed by atoms with Crippen LogP contribution < -0.4 is 5.32 Å². The molecule has 0 bridgehead atoms. The van der Waals surface area contributed by atoms with E-state index in [4.69, 9.17) is 0 Å². The number of nitrogens with one attached hydrogen (secondary N) is 1. The molecule has 18 heavy (non-hydrogen) atoms. The molecule has 1 saturated carbocycles. The average Bonchev–Trinajstić information content (AvgIpc) is 2.98. The standard InChI is InChI=1S/C14H18F3N/c1-3-18-9-10-8-13(10,2)11-6-4-5-7-12(11)14(15,16)17/h4-7,10,18H,3,8-9H2,1-2H3. The van der Waals surface area contributed by atoms with Gasteiger partial charge in [0.2, 0.25) is 0 Å². The minimum atomic E-state index is -4.26. The molecule has 2 unspecified atom stereocenters. The van der Waals surface area contributed by atoms with E-state index in [0.717, 1.165) is 19.5 Å². The van der Waals surface area contributed by atoms with E-state index in [0.29, 0.717) is 11.5 Å². The van der Waals surface area contributed by atoms with Gasteiger partial charge in [-0.1, -0.05) is 32.0 Å². The Morgan fingerprint density at radius 1 is 1.33 bits per heavy atom. The molecule has 1 aliphatic rings. The molecule has 0 aliphatic heterocycles. The molecule has 1 N–H and O–H groups in total. The van der Waals surface area contributed by atoms with Crippen LogP contribution in [-0.4, -0.2) is 13.1 Å². The Balaban J connectivity index is 2.25. The second-order valence-electron chi connectivity index (χ2n) is 5.17. The van der Waals surface area contributed by atoms with Gasteiger partial charge in [0.15, 0.2) is 0 Å². The van der Waals surface area contributed by atoms with E-state index in [1.807, 2.05) is 13.8 Å². The maximum absolute atomic E-state index is 13.0. The topological polar surface area (TPSA) is 12.0 Å². The molecule has 0 radical (unpaired) electrons. The maximum Gasteiger partial charge on any atom is 0.416 e. The van der Waals surface area contributed by atoms with Crippen molar-refractivity contribution in [3.05, 3.63) is 35.4 Å². The van der Waals surface area contributed by atoms with E-state index in [1.165, 1.54) is 12.1 Å². The van der Waals surface area contributed by atoms with Crippen LogP contribution in [-0.2, 0) is 11.6 Å². The van der Waals surface area contributed by atoms with E-state index >= 15 is 0 Å². The molecular formula is C14H18F3N. The van der Waals surface area contributed by atoms with Crippen LogP contribution in [0, 0.1) is 5.92 Å². The summed E-state index contributed by atoms with van der Waals surface area (Å²) in [7, 11) is 0. The van der Waals surface area contributed by atoms with Gasteiger partial charge >= 0.3 is 6.18 Å². The van der Waals surface area contributed by atoms with Crippen LogP contribution in [0.4, 0.5) is 13.2 Å². The molecule has 2 rings (SSSR count). The van der Waals surface area contributed by atoms with Gasteiger partial charge in [-0.3, -0.25) is 0 Å². The molecule has 1 nitrogen and oxygen atoms in total. The highest BCUT2D eigenvalue weighted by Gasteiger charge is 2.53. The average molecular weight is 257 g/mol. The SMILES string of the molecule is CCNCC1CC1(C)c1ccccc1C(F)(F)F. The zero-order chi connectivity index (χ0) is 13.4. The van der Waals surface area contributed by atoms with Crippen molar-refractivity contribution in [2.75, 3.05) is 13.1 Å². The van der Waals surface area contributed by atoms with Crippen LogP contribution >= 0.6 is 0 Å². The fourth-order valence-electron chi connectivity index (χ4n) is 2.63. The lowest BCUT2D eigenvalue weighted by Gasteiger charge is -2.19. The second kappa shape index (κ2) is 4.57. The number of rotatable bonds is 4. The number of alkyl halides is 3. The lowest BCUT2D eigenvalue weighted by molar-refractivity contribution is -0.138. The van der Waals surface area contributed by atoms with Gasteiger partial charge in [0.1, 0.15) is 0 Å². The normalized spacial score (nSPS) is 27.3. The zero-order valence-electron chi connectivity index (χ0n) is 10.6. The van der Waals surface area contributed by atoms with Gasteiger partial charge < -0.3 is 5.32 Å². The molecule has 1 aromatic carbocycles. The van der Waals surface area contributed by atoms with Crippen LogP contribution in [0.15, 0.2) is 24.3 Å². The monoisotopic (exact) mass is 257 g/mol. The molecule has 1 aromatic rings. The molecule has 0 heterocycles. The lowest BCUT2D eigenvalue weighted by atomic mass is 9.90. The van der Waals surface area contributed by atoms with Gasteiger partial charge in [0.25, 0.3) is 0 Å². The minimum absolute atomic E-state index is 0.306. The fourth-order valence-corrected chi connectivity index (χ4v) is 2.63. The largest absolute Gasteiger partial charge is 0.416 e. The summed E-state index contributed by atoms with van der Waals surface area (Å²) in [5, 5.41) is 3.21. The van der Waals surface area contributed by atoms with Crippen molar-refractivity contribution < 1.29 is 13.2 Å². The third-order valence-electron chi connectivity index (χ3n) is 3.90. The van der Waals surface area contributed by atoms with E-state index in [-0.39, 0.29) is 5.41 Å². The molecule has 0 spiro atoms. The molecular weight excluding hydrogens is 239 g/mol. The molecule has 0 aromatic heterocycles. The lowest BCUT2D eigenvalue weighted by Crippen LogP contribution is -2.21. The molecule has 2 atom stereocenters. The Morgan fingerprint density at radius 3 is 2.61 bits per heavy atom. The summed E-state index contributed by atoms with van der Waals surface area (Å²) >= 11 is 0. The van der Waals surface area contributed by atoms with Crippen molar-refractivity contribution >= 4 is 0 Å². The third-order valence-corrected chi connectivity index (χ3v) is 3.90. The predicted molar refractivity (Wildman–Crippen MR) is 65.4 cm³/mol. The van der Waals surface area contributed by atoms with Crippen molar-refractivity contribution in [1.82, 2.24) is 5.32 Å². The van der Waals surface area contributed by atoms with Crippen molar-refractivity contribution in [1.29, 1.82) is 0 Å². The quantitative estimate of drug-likeness (QED) is 0.869. The molecule has 0 saturated heterocycles. The summed E-state index contributed by atoms with van der Waals surface area (Å²) < 4.78 is 38.9. The first kappa shape index (κ1) is 13.4. The molecule has 4 heteroatoms. The van der Waals surface area contributed by atoms with E-state index in [9.17, 15) is 13.2 Å². The molecule has 100 valence electrons.